The number of fused-ring (bicyclic) bond motifs is 1. The maximum absolute atomic E-state index is 12.8. The smallest absolute Gasteiger partial charge is 0.377 e. The fraction of sp³-hybridized carbons (Fsp3) is 0.292. The number of hydrogen-bond acceptors (Lipinski definition) is 3. The molecule has 2 aromatic heterocycles. The lowest BCUT2D eigenvalue weighted by Gasteiger charge is -2.36. The minimum absolute atomic E-state index is 0.0155. The zero-order valence-corrected chi connectivity index (χ0v) is 17.8. The highest BCUT2D eigenvalue weighted by atomic mass is 19.4. The SMILES string of the molecule is Cc1[nH]c2cc(-n3ccc(C4=CC=C(C(F)(F)F)NC4)cc3=O)ccc2c1C1CN(C)C1. The lowest BCUT2D eigenvalue weighted by Crippen LogP contribution is -2.41. The van der Waals surface area contributed by atoms with Crippen molar-refractivity contribution in [3.8, 4) is 5.69 Å². The van der Waals surface area contributed by atoms with Crippen LogP contribution < -0.4 is 10.9 Å². The van der Waals surface area contributed by atoms with Gasteiger partial charge in [0.25, 0.3) is 5.56 Å². The fourth-order valence-electron chi connectivity index (χ4n) is 4.68. The Labute approximate surface area is 182 Å². The number of hydrogen-bond donors (Lipinski definition) is 2. The molecule has 2 N–H and O–H groups in total. The maximum atomic E-state index is 12.8. The van der Waals surface area contributed by atoms with E-state index in [0.717, 1.165) is 36.1 Å². The summed E-state index contributed by atoms with van der Waals surface area (Å²) in [6.45, 7) is 4.18. The van der Waals surface area contributed by atoms with Gasteiger partial charge in [0, 0.05) is 54.4 Å². The number of benzene rings is 1. The Hall–Kier alpha value is -3.26. The Bertz CT molecular complexity index is 1320. The van der Waals surface area contributed by atoms with E-state index < -0.39 is 11.9 Å². The molecule has 0 bridgehead atoms. The van der Waals surface area contributed by atoms with Crippen molar-refractivity contribution in [1.82, 2.24) is 19.8 Å². The number of aromatic amines is 1. The second-order valence-corrected chi connectivity index (χ2v) is 8.56. The van der Waals surface area contributed by atoms with E-state index in [1.807, 2.05) is 12.1 Å². The molecule has 0 atom stereocenters. The van der Waals surface area contributed by atoms with E-state index in [4.69, 9.17) is 0 Å². The van der Waals surface area contributed by atoms with Gasteiger partial charge >= 0.3 is 6.18 Å². The molecule has 0 spiro atoms. The molecule has 2 aliphatic heterocycles. The van der Waals surface area contributed by atoms with Crippen molar-refractivity contribution in [3.05, 3.63) is 81.6 Å². The topological polar surface area (TPSA) is 53.1 Å². The summed E-state index contributed by atoms with van der Waals surface area (Å²) in [7, 11) is 2.11. The number of likely N-dealkylation sites (N-methyl/N-ethyl adjacent to an activating group) is 1. The number of nitrogens with one attached hydrogen (secondary N) is 2. The third-order valence-corrected chi connectivity index (χ3v) is 6.29. The Morgan fingerprint density at radius 1 is 1.09 bits per heavy atom. The second kappa shape index (κ2) is 7.41. The Kier molecular flexibility index (Phi) is 4.78. The highest BCUT2D eigenvalue weighted by molar-refractivity contribution is 5.87. The van der Waals surface area contributed by atoms with E-state index in [9.17, 15) is 18.0 Å². The number of aromatic nitrogens is 2. The number of alkyl halides is 3. The molecule has 1 aromatic carbocycles. The third-order valence-electron chi connectivity index (χ3n) is 6.29. The molecular formula is C24H23F3N4O. The van der Waals surface area contributed by atoms with Crippen LogP contribution in [0.5, 0.6) is 0 Å². The first-order valence-corrected chi connectivity index (χ1v) is 10.5. The number of halogens is 3. The summed E-state index contributed by atoms with van der Waals surface area (Å²) in [6.07, 6.45) is -0.330. The van der Waals surface area contributed by atoms with Gasteiger partial charge in [0.2, 0.25) is 0 Å². The van der Waals surface area contributed by atoms with Crippen LogP contribution in [0.1, 0.15) is 22.7 Å². The second-order valence-electron chi connectivity index (χ2n) is 8.56. The number of aryl methyl sites for hydroxylation is 1. The standard InChI is InChI=1S/C24H23F3N4O/c1-14-23(17-12-30(2)13-17)19-5-4-18(10-20(19)29-14)31-8-7-15(9-22(31)32)16-3-6-21(28-11-16)24(25,26)27/h3-10,17,28-29H,11-13H2,1-2H3. The number of rotatable bonds is 3. The van der Waals surface area contributed by atoms with E-state index in [2.05, 4.69) is 35.2 Å². The predicted octanol–water partition coefficient (Wildman–Crippen LogP) is 4.09. The number of H-pyrrole nitrogens is 1. The number of dihydropyridines is 1. The van der Waals surface area contributed by atoms with Crippen molar-refractivity contribution < 1.29 is 13.2 Å². The van der Waals surface area contributed by atoms with Gasteiger partial charge in [-0.3, -0.25) is 9.36 Å². The molecule has 0 amide bonds. The molecule has 4 heterocycles. The molecule has 0 saturated carbocycles. The van der Waals surface area contributed by atoms with E-state index in [0.29, 0.717) is 17.1 Å². The summed E-state index contributed by atoms with van der Waals surface area (Å²) in [6, 6.07) is 9.16. The normalized spacial score (nSPS) is 17.7. The van der Waals surface area contributed by atoms with E-state index >= 15 is 0 Å². The molecule has 5 nitrogen and oxygen atoms in total. The lowest BCUT2D eigenvalue weighted by molar-refractivity contribution is -0.0964. The molecule has 2 aliphatic rings. The first kappa shape index (κ1) is 20.6. The Morgan fingerprint density at radius 2 is 1.88 bits per heavy atom. The maximum Gasteiger partial charge on any atom is 0.430 e. The molecule has 32 heavy (non-hydrogen) atoms. The summed E-state index contributed by atoms with van der Waals surface area (Å²) in [5.74, 6) is 0.519. The van der Waals surface area contributed by atoms with E-state index in [-0.39, 0.29) is 12.1 Å². The molecule has 5 rings (SSSR count). The predicted molar refractivity (Wildman–Crippen MR) is 119 cm³/mol. The highest BCUT2D eigenvalue weighted by Gasteiger charge is 2.34. The van der Waals surface area contributed by atoms with Crippen molar-refractivity contribution >= 4 is 16.5 Å². The van der Waals surface area contributed by atoms with Gasteiger partial charge < -0.3 is 15.2 Å². The zero-order valence-electron chi connectivity index (χ0n) is 17.8. The van der Waals surface area contributed by atoms with Gasteiger partial charge in [-0.15, -0.1) is 0 Å². The molecule has 1 fully saturated rings. The molecule has 166 valence electrons. The van der Waals surface area contributed by atoms with Crippen LogP contribution in [0, 0.1) is 6.92 Å². The van der Waals surface area contributed by atoms with E-state index in [1.54, 1.807) is 16.8 Å². The Morgan fingerprint density at radius 3 is 2.50 bits per heavy atom. The van der Waals surface area contributed by atoms with Crippen LogP contribution in [0.25, 0.3) is 22.2 Å². The summed E-state index contributed by atoms with van der Waals surface area (Å²) in [5.41, 5.74) is 4.44. The van der Waals surface area contributed by atoms with Crippen molar-refractivity contribution in [2.24, 2.45) is 0 Å². The minimum Gasteiger partial charge on any atom is -0.377 e. The van der Waals surface area contributed by atoms with Crippen LogP contribution in [0.3, 0.4) is 0 Å². The quantitative estimate of drug-likeness (QED) is 0.645. The Balaban J connectivity index is 1.45. The number of nitrogens with zero attached hydrogens (tertiary/aromatic N) is 2. The average Bonchev–Trinajstić information content (AvgIpc) is 3.05. The van der Waals surface area contributed by atoms with Gasteiger partial charge in [-0.05, 0) is 54.9 Å². The number of pyridine rings is 1. The monoisotopic (exact) mass is 440 g/mol. The first-order chi connectivity index (χ1) is 15.2. The summed E-state index contributed by atoms with van der Waals surface area (Å²) >= 11 is 0. The molecule has 0 radical (unpaired) electrons. The fourth-order valence-corrected chi connectivity index (χ4v) is 4.68. The first-order valence-electron chi connectivity index (χ1n) is 10.5. The van der Waals surface area contributed by atoms with Gasteiger partial charge in [-0.1, -0.05) is 12.1 Å². The highest BCUT2D eigenvalue weighted by Crippen LogP contribution is 2.35. The van der Waals surface area contributed by atoms with Crippen LogP contribution in [-0.2, 0) is 0 Å². The lowest BCUT2D eigenvalue weighted by atomic mass is 9.90. The molecule has 3 aromatic rings. The molecular weight excluding hydrogens is 417 g/mol. The van der Waals surface area contributed by atoms with E-state index in [1.165, 1.54) is 23.1 Å². The van der Waals surface area contributed by atoms with Gasteiger partial charge in [0.15, 0.2) is 0 Å². The molecule has 0 aliphatic carbocycles. The van der Waals surface area contributed by atoms with Crippen LogP contribution in [0.4, 0.5) is 13.2 Å². The van der Waals surface area contributed by atoms with Crippen LogP contribution >= 0.6 is 0 Å². The molecule has 8 heteroatoms. The van der Waals surface area contributed by atoms with Crippen molar-refractivity contribution in [2.45, 2.75) is 19.0 Å². The summed E-state index contributed by atoms with van der Waals surface area (Å²) in [5, 5.41) is 3.55. The van der Waals surface area contributed by atoms with Gasteiger partial charge in [-0.2, -0.15) is 13.2 Å². The zero-order chi connectivity index (χ0) is 22.6. The van der Waals surface area contributed by atoms with Gasteiger partial charge in [-0.25, -0.2) is 0 Å². The average molecular weight is 440 g/mol. The van der Waals surface area contributed by atoms with Gasteiger partial charge in [0.05, 0.1) is 5.69 Å². The van der Waals surface area contributed by atoms with Crippen molar-refractivity contribution in [3.63, 3.8) is 0 Å². The number of likely N-dealkylation sites (tertiary alicyclic amines) is 1. The third kappa shape index (κ3) is 3.54. The van der Waals surface area contributed by atoms with Crippen molar-refractivity contribution in [1.29, 1.82) is 0 Å². The minimum atomic E-state index is -4.41. The van der Waals surface area contributed by atoms with Crippen LogP contribution in [0.15, 0.2) is 59.2 Å². The molecule has 0 unspecified atom stereocenters. The number of allylic oxidation sites excluding steroid dienone is 3. The molecule has 1 saturated heterocycles. The largest absolute Gasteiger partial charge is 0.430 e. The summed E-state index contributed by atoms with van der Waals surface area (Å²) < 4.78 is 39.9. The van der Waals surface area contributed by atoms with Crippen molar-refractivity contribution in [2.75, 3.05) is 26.7 Å². The van der Waals surface area contributed by atoms with Gasteiger partial charge in [0.1, 0.15) is 5.70 Å². The van der Waals surface area contributed by atoms with Crippen LogP contribution in [0.2, 0.25) is 0 Å². The van der Waals surface area contributed by atoms with Crippen LogP contribution in [-0.4, -0.2) is 47.3 Å². The summed E-state index contributed by atoms with van der Waals surface area (Å²) in [4.78, 5) is 18.6.